The molecule has 0 amide bonds. The van der Waals surface area contributed by atoms with Crippen molar-refractivity contribution in [3.8, 4) is 0 Å². The lowest BCUT2D eigenvalue weighted by atomic mass is 9.92. The molecule has 0 saturated heterocycles. The van der Waals surface area contributed by atoms with Crippen LogP contribution in [0.4, 0.5) is 0 Å². The Kier molecular flexibility index (Phi) is 7.95. The number of carbonyl (C=O) groups is 1. The van der Waals surface area contributed by atoms with Gasteiger partial charge in [0.1, 0.15) is 5.78 Å². The Hall–Kier alpha value is -0.220. The number of hydrogen-bond donors (Lipinski definition) is 1. The molecule has 0 saturated carbocycles. The fourth-order valence-corrected chi connectivity index (χ4v) is 3.75. The van der Waals surface area contributed by atoms with Gasteiger partial charge in [0.2, 0.25) is 0 Å². The van der Waals surface area contributed by atoms with Gasteiger partial charge in [-0.2, -0.15) is 0 Å². The highest BCUT2D eigenvalue weighted by Crippen LogP contribution is 2.50. The third-order valence-electron chi connectivity index (χ3n) is 2.69. The molecule has 0 heterocycles. The molecule has 0 spiro atoms. The van der Waals surface area contributed by atoms with Gasteiger partial charge < -0.3 is 14.2 Å². The van der Waals surface area contributed by atoms with Crippen molar-refractivity contribution in [2.45, 2.75) is 40.7 Å². The third-order valence-corrected chi connectivity index (χ3v) is 4.83. The van der Waals surface area contributed by atoms with Gasteiger partial charge in [-0.3, -0.25) is 9.36 Å². The zero-order valence-corrected chi connectivity index (χ0v) is 12.8. The Labute approximate surface area is 109 Å². The van der Waals surface area contributed by atoms with Gasteiger partial charge in [0, 0.05) is 0 Å². The van der Waals surface area contributed by atoms with Gasteiger partial charge in [-0.15, -0.1) is 0 Å². The summed E-state index contributed by atoms with van der Waals surface area (Å²) >= 11 is 0. The summed E-state index contributed by atoms with van der Waals surface area (Å²) in [5, 5.41) is 10.0. The van der Waals surface area contributed by atoms with Crippen LogP contribution in [0.25, 0.3) is 0 Å². The second kappa shape index (κ2) is 8.05. The second-order valence-electron chi connectivity index (χ2n) is 4.58. The van der Waals surface area contributed by atoms with E-state index in [1.807, 2.05) is 13.8 Å². The molecule has 0 fully saturated rings. The van der Waals surface area contributed by atoms with Crippen molar-refractivity contribution in [3.63, 3.8) is 0 Å². The first-order chi connectivity index (χ1) is 8.27. The maximum atomic E-state index is 12.3. The van der Waals surface area contributed by atoms with Crippen LogP contribution in [0.2, 0.25) is 0 Å². The predicted octanol–water partition coefficient (Wildman–Crippen LogP) is 2.47. The van der Waals surface area contributed by atoms with Crippen molar-refractivity contribution < 1.29 is 23.5 Å². The van der Waals surface area contributed by atoms with Gasteiger partial charge in [-0.25, -0.2) is 0 Å². The molecule has 0 aromatic heterocycles. The fourth-order valence-electron chi connectivity index (χ4n) is 1.72. The van der Waals surface area contributed by atoms with Crippen LogP contribution in [-0.4, -0.2) is 36.4 Å². The summed E-state index contributed by atoms with van der Waals surface area (Å²) in [7, 11) is -3.30. The van der Waals surface area contributed by atoms with Gasteiger partial charge in [0.25, 0.3) is 0 Å². The van der Waals surface area contributed by atoms with Crippen molar-refractivity contribution >= 4 is 13.4 Å². The van der Waals surface area contributed by atoms with E-state index in [2.05, 4.69) is 0 Å². The lowest BCUT2D eigenvalue weighted by Crippen LogP contribution is -2.34. The van der Waals surface area contributed by atoms with Crippen molar-refractivity contribution in [1.82, 2.24) is 0 Å². The van der Waals surface area contributed by atoms with Crippen molar-refractivity contribution in [2.75, 3.05) is 19.4 Å². The van der Waals surface area contributed by atoms with Crippen LogP contribution >= 0.6 is 7.60 Å². The molecule has 0 aromatic carbocycles. The molecule has 2 atom stereocenters. The summed E-state index contributed by atoms with van der Waals surface area (Å²) in [4.78, 5) is 11.6. The molecule has 108 valence electrons. The Morgan fingerprint density at radius 1 is 1.22 bits per heavy atom. The van der Waals surface area contributed by atoms with Crippen LogP contribution in [0.3, 0.4) is 0 Å². The monoisotopic (exact) mass is 280 g/mol. The van der Waals surface area contributed by atoms with Crippen molar-refractivity contribution in [2.24, 2.45) is 11.8 Å². The minimum Gasteiger partial charge on any atom is -0.392 e. The minimum absolute atomic E-state index is 0.0661. The molecule has 0 aromatic rings. The minimum atomic E-state index is -3.30. The van der Waals surface area contributed by atoms with E-state index in [0.717, 1.165) is 0 Å². The number of ketones is 1. The summed E-state index contributed by atoms with van der Waals surface area (Å²) in [6.45, 7) is 8.94. The molecule has 0 aliphatic heterocycles. The van der Waals surface area contributed by atoms with Crippen LogP contribution in [0.5, 0.6) is 0 Å². The van der Waals surface area contributed by atoms with E-state index in [1.165, 1.54) is 6.92 Å². The van der Waals surface area contributed by atoms with Crippen LogP contribution in [0.1, 0.15) is 34.6 Å². The maximum absolute atomic E-state index is 12.3. The molecule has 6 heteroatoms. The van der Waals surface area contributed by atoms with Gasteiger partial charge in [-0.05, 0) is 26.7 Å². The lowest BCUT2D eigenvalue weighted by Gasteiger charge is -2.27. The molecular weight excluding hydrogens is 255 g/mol. The van der Waals surface area contributed by atoms with Gasteiger partial charge in [0.05, 0.1) is 31.4 Å². The summed E-state index contributed by atoms with van der Waals surface area (Å²) in [5.41, 5.74) is 0. The number of carbonyl (C=O) groups excluding carboxylic acids is 1. The molecule has 1 N–H and O–H groups in total. The Balaban J connectivity index is 4.93. The lowest BCUT2D eigenvalue weighted by molar-refractivity contribution is -0.124. The molecule has 5 nitrogen and oxygen atoms in total. The molecule has 0 bridgehead atoms. The molecule has 18 heavy (non-hydrogen) atoms. The zero-order valence-electron chi connectivity index (χ0n) is 11.9. The zero-order chi connectivity index (χ0) is 14.3. The van der Waals surface area contributed by atoms with Crippen molar-refractivity contribution in [1.29, 1.82) is 0 Å². The fraction of sp³-hybridized carbons (Fsp3) is 0.917. The first-order valence-corrected chi connectivity index (χ1v) is 8.06. The quantitative estimate of drug-likeness (QED) is 0.657. The molecule has 0 aliphatic rings. The van der Waals surface area contributed by atoms with E-state index in [1.54, 1.807) is 13.8 Å². The normalized spacial score (nSPS) is 15.7. The second-order valence-corrected chi connectivity index (χ2v) is 6.68. The number of Topliss-reactive ketones (excluding diaryl/α,β-unsaturated/α-hetero) is 1. The van der Waals surface area contributed by atoms with Crippen LogP contribution < -0.4 is 0 Å². The molecule has 0 rings (SSSR count). The Morgan fingerprint density at radius 2 is 1.67 bits per heavy atom. The van der Waals surface area contributed by atoms with E-state index in [0.29, 0.717) is 0 Å². The highest BCUT2D eigenvalue weighted by atomic mass is 31.2. The van der Waals surface area contributed by atoms with E-state index < -0.39 is 19.6 Å². The van der Waals surface area contributed by atoms with E-state index in [9.17, 15) is 14.5 Å². The van der Waals surface area contributed by atoms with Crippen molar-refractivity contribution in [3.05, 3.63) is 0 Å². The summed E-state index contributed by atoms with van der Waals surface area (Å²) < 4.78 is 22.6. The number of aliphatic hydroxyl groups excluding tert-OH is 1. The topological polar surface area (TPSA) is 72.8 Å². The molecule has 0 aliphatic carbocycles. The van der Waals surface area contributed by atoms with E-state index >= 15 is 0 Å². The van der Waals surface area contributed by atoms with E-state index in [-0.39, 0.29) is 31.1 Å². The SMILES string of the molecule is CCOP(=O)(C[C@@H](C(C)=O)[C@@H](O)C(C)C)OCC. The van der Waals surface area contributed by atoms with Crippen LogP contribution in [-0.2, 0) is 18.4 Å². The molecule has 0 radical (unpaired) electrons. The van der Waals surface area contributed by atoms with Gasteiger partial charge in [-0.1, -0.05) is 13.8 Å². The highest BCUT2D eigenvalue weighted by molar-refractivity contribution is 7.53. The Bertz CT molecular complexity index is 293. The first-order valence-electron chi connectivity index (χ1n) is 6.34. The molecular formula is C12H25O5P. The summed E-state index contributed by atoms with van der Waals surface area (Å²) in [6.07, 6.45) is -0.902. The number of aliphatic hydroxyl groups is 1. The average molecular weight is 280 g/mol. The van der Waals surface area contributed by atoms with Gasteiger partial charge in [0.15, 0.2) is 0 Å². The maximum Gasteiger partial charge on any atom is 0.331 e. The number of hydrogen-bond acceptors (Lipinski definition) is 5. The largest absolute Gasteiger partial charge is 0.392 e. The Morgan fingerprint density at radius 3 is 1.94 bits per heavy atom. The van der Waals surface area contributed by atoms with Gasteiger partial charge >= 0.3 is 7.60 Å². The standard InChI is InChI=1S/C12H25O5P/c1-6-16-18(15,17-7-2)8-11(10(5)13)12(14)9(3)4/h9,11-12,14H,6-8H2,1-5H3/t11-,12-/m0/s1. The molecule has 0 unspecified atom stereocenters. The smallest absolute Gasteiger partial charge is 0.331 e. The van der Waals surface area contributed by atoms with Crippen LogP contribution in [0.15, 0.2) is 0 Å². The predicted molar refractivity (Wildman–Crippen MR) is 70.7 cm³/mol. The highest BCUT2D eigenvalue weighted by Gasteiger charge is 2.35. The summed E-state index contributed by atoms with van der Waals surface area (Å²) in [5.74, 6) is -1.000. The van der Waals surface area contributed by atoms with E-state index in [4.69, 9.17) is 9.05 Å². The number of rotatable bonds is 9. The van der Waals surface area contributed by atoms with Crippen LogP contribution in [0, 0.1) is 11.8 Å². The first kappa shape index (κ1) is 17.8. The average Bonchev–Trinajstić information content (AvgIpc) is 2.25. The third kappa shape index (κ3) is 5.61. The summed E-state index contributed by atoms with van der Waals surface area (Å²) in [6, 6.07) is 0.